The molecule has 0 saturated carbocycles. The zero-order valence-corrected chi connectivity index (χ0v) is 6.07. The number of hydrogen-bond acceptors (Lipinski definition) is 3. The van der Waals surface area contributed by atoms with Gasteiger partial charge in [0, 0.05) is 0 Å². The summed E-state index contributed by atoms with van der Waals surface area (Å²) in [4.78, 5) is 0. The quantitative estimate of drug-likeness (QED) is 0.664. The fourth-order valence-corrected chi connectivity index (χ4v) is 0.339. The monoisotopic (exact) mass is 240 g/mol. The highest BCUT2D eigenvalue weighted by atomic mass is 127. The molecule has 0 aliphatic rings. The van der Waals surface area contributed by atoms with E-state index in [1.54, 1.807) is 0 Å². The van der Waals surface area contributed by atoms with Gasteiger partial charge in [0.2, 0.25) is 6.01 Å². The minimum absolute atomic E-state index is 1.10. The van der Waals surface area contributed by atoms with Crippen LogP contribution < -0.4 is 0 Å². The lowest BCUT2D eigenvalue weighted by molar-refractivity contribution is 0.488. The van der Waals surface area contributed by atoms with Crippen molar-refractivity contribution in [2.24, 2.45) is 0 Å². The van der Waals surface area contributed by atoms with E-state index < -0.39 is 16.1 Å². The molecule has 0 N–H and O–H groups in total. The zero-order valence-electron chi connectivity index (χ0n) is 3.10. The average Bonchev–Trinajstić information content (AvgIpc) is 1.68. The molecule has 0 amide bonds. The topological polar surface area (TPSA) is 43.4 Å². The zero-order chi connectivity index (χ0) is 5.91. The van der Waals surface area contributed by atoms with Crippen molar-refractivity contribution < 1.29 is 15.3 Å². The Morgan fingerprint density at radius 2 is 2.14 bits per heavy atom. The molecule has 0 bridgehead atoms. The second kappa shape index (κ2) is 2.78. The molecule has 0 spiro atoms. The van der Waals surface area contributed by atoms with Gasteiger partial charge < -0.3 is 0 Å². The Morgan fingerprint density at radius 1 is 1.71 bits per heavy atom. The Hall–Kier alpha value is 0.570. The van der Waals surface area contributed by atoms with Gasteiger partial charge in [-0.15, -0.1) is 0 Å². The predicted molar refractivity (Wildman–Crippen MR) is 30.0 cm³/mol. The third-order valence-corrected chi connectivity index (χ3v) is 2.33. The second-order valence-corrected chi connectivity index (χ2v) is 3.27. The van der Waals surface area contributed by atoms with Gasteiger partial charge in [-0.3, -0.25) is 0 Å². The molecule has 0 radical (unpaired) electrons. The first-order valence-electron chi connectivity index (χ1n) is 1.21. The van der Waals surface area contributed by atoms with Gasteiger partial charge in [-0.25, -0.2) is 4.39 Å². The Kier molecular flexibility index (Phi) is 3.00. The highest BCUT2D eigenvalue weighted by Gasteiger charge is 2.05. The Bertz CT molecular complexity index is 118. The number of rotatable bonds is 2. The Balaban J connectivity index is 3.89. The molecule has 0 aliphatic carbocycles. The highest BCUT2D eigenvalue weighted by molar-refractivity contribution is 14.1. The van der Waals surface area contributed by atoms with Gasteiger partial charge in [-0.05, 0) is 0 Å². The van der Waals surface area contributed by atoms with Crippen LogP contribution in [-0.2, 0) is 12.6 Å². The molecule has 0 aliphatic heterocycles. The van der Waals surface area contributed by atoms with Crippen LogP contribution in [0.15, 0.2) is 0 Å². The van der Waals surface area contributed by atoms with E-state index in [4.69, 9.17) is 0 Å². The van der Waals surface area contributed by atoms with Crippen LogP contribution >= 0.6 is 23.0 Å². The van der Waals surface area contributed by atoms with Gasteiger partial charge >= 0.3 is 10.1 Å². The third-order valence-electron chi connectivity index (χ3n) is 0.230. The van der Waals surface area contributed by atoms with E-state index in [9.17, 15) is 12.8 Å². The minimum atomic E-state index is -3.84. The molecular formula is CH2FIO3S. The van der Waals surface area contributed by atoms with Crippen LogP contribution in [0.5, 0.6) is 0 Å². The van der Waals surface area contributed by atoms with E-state index in [1.165, 1.54) is 0 Å². The van der Waals surface area contributed by atoms with Gasteiger partial charge in [0.1, 0.15) is 23.0 Å². The van der Waals surface area contributed by atoms with Crippen LogP contribution in [0, 0.1) is 0 Å². The molecule has 0 fully saturated rings. The van der Waals surface area contributed by atoms with E-state index in [-0.39, 0.29) is 0 Å². The fraction of sp³-hybridized carbons (Fsp3) is 1.00. The molecule has 0 aromatic rings. The number of halogens is 2. The van der Waals surface area contributed by atoms with E-state index in [0.29, 0.717) is 0 Å². The van der Waals surface area contributed by atoms with Crippen LogP contribution in [0.3, 0.4) is 0 Å². The smallest absolute Gasteiger partial charge is 0.231 e. The highest BCUT2D eigenvalue weighted by Crippen LogP contribution is 1.98. The summed E-state index contributed by atoms with van der Waals surface area (Å²) in [7, 11) is -3.84. The molecule has 3 nitrogen and oxygen atoms in total. The molecule has 7 heavy (non-hydrogen) atoms. The van der Waals surface area contributed by atoms with Gasteiger partial charge in [0.15, 0.2) is 0 Å². The van der Waals surface area contributed by atoms with Crippen molar-refractivity contribution >= 4 is 33.1 Å². The largest absolute Gasteiger partial charge is 0.306 e. The standard InChI is InChI=1S/CH2FIO3S/c2-1-7(4,5)6-3/h1H2. The summed E-state index contributed by atoms with van der Waals surface area (Å²) in [6.07, 6.45) is 0. The molecule has 0 rings (SSSR count). The summed E-state index contributed by atoms with van der Waals surface area (Å²) in [5, 5.41) is 0. The lowest BCUT2D eigenvalue weighted by atomic mass is 11.8. The summed E-state index contributed by atoms with van der Waals surface area (Å²) in [6.45, 7) is 0. The molecule has 0 aromatic heterocycles. The molecule has 0 heterocycles. The average molecular weight is 240 g/mol. The molecular weight excluding hydrogens is 238 g/mol. The number of alkyl halides is 1. The van der Waals surface area contributed by atoms with E-state index >= 15 is 0 Å². The minimum Gasteiger partial charge on any atom is -0.231 e. The normalized spacial score (nSPS) is 11.7. The molecule has 0 aromatic carbocycles. The molecule has 0 saturated heterocycles. The Labute approximate surface area is 54.7 Å². The summed E-state index contributed by atoms with van der Waals surface area (Å²) >= 11 is 1.10. The predicted octanol–water partition coefficient (Wildman–Crippen LogP) is 0.610. The van der Waals surface area contributed by atoms with Gasteiger partial charge in [0.25, 0.3) is 0 Å². The van der Waals surface area contributed by atoms with Crippen molar-refractivity contribution in [1.82, 2.24) is 0 Å². The first-order valence-corrected chi connectivity index (χ1v) is 3.67. The van der Waals surface area contributed by atoms with Crippen molar-refractivity contribution in [2.75, 3.05) is 6.01 Å². The van der Waals surface area contributed by atoms with E-state index in [1.807, 2.05) is 0 Å². The molecule has 0 atom stereocenters. The van der Waals surface area contributed by atoms with Gasteiger partial charge in [-0.1, -0.05) is 0 Å². The van der Waals surface area contributed by atoms with Crippen molar-refractivity contribution in [3.05, 3.63) is 0 Å². The van der Waals surface area contributed by atoms with Gasteiger partial charge in [-0.2, -0.15) is 10.9 Å². The van der Waals surface area contributed by atoms with Crippen LogP contribution in [0.2, 0.25) is 0 Å². The van der Waals surface area contributed by atoms with E-state index in [2.05, 4.69) is 2.51 Å². The first kappa shape index (κ1) is 7.57. The molecule has 6 heteroatoms. The first-order chi connectivity index (χ1) is 3.12. The maximum absolute atomic E-state index is 11.1. The summed E-state index contributed by atoms with van der Waals surface area (Å²) in [5.74, 6) is 0. The van der Waals surface area contributed by atoms with Crippen LogP contribution in [0.4, 0.5) is 4.39 Å². The van der Waals surface area contributed by atoms with Gasteiger partial charge in [0.05, 0.1) is 0 Å². The van der Waals surface area contributed by atoms with Crippen LogP contribution in [0.1, 0.15) is 0 Å². The number of hydrogen-bond donors (Lipinski definition) is 0. The SMILES string of the molecule is O=S(=O)(CF)OI. The van der Waals surface area contributed by atoms with E-state index in [0.717, 1.165) is 23.0 Å². The summed E-state index contributed by atoms with van der Waals surface area (Å²) in [5.41, 5.74) is 0. The van der Waals surface area contributed by atoms with Crippen LogP contribution in [0.25, 0.3) is 0 Å². The van der Waals surface area contributed by atoms with Crippen molar-refractivity contribution in [2.45, 2.75) is 0 Å². The summed E-state index contributed by atoms with van der Waals surface area (Å²) in [6, 6.07) is -1.46. The maximum atomic E-state index is 11.1. The lowest BCUT2D eigenvalue weighted by Crippen LogP contribution is -1.98. The van der Waals surface area contributed by atoms with Crippen molar-refractivity contribution in [1.29, 1.82) is 0 Å². The fourth-order valence-electron chi connectivity index (χ4n) is 0.0168. The molecule has 0 unspecified atom stereocenters. The maximum Gasteiger partial charge on any atom is 0.306 e. The van der Waals surface area contributed by atoms with Crippen molar-refractivity contribution in [3.63, 3.8) is 0 Å². The lowest BCUT2D eigenvalue weighted by Gasteiger charge is -1.85. The van der Waals surface area contributed by atoms with Crippen LogP contribution in [-0.4, -0.2) is 14.4 Å². The third kappa shape index (κ3) is 3.18. The summed E-state index contributed by atoms with van der Waals surface area (Å²) < 4.78 is 34.2. The second-order valence-electron chi connectivity index (χ2n) is 0.730. The molecule has 44 valence electrons. The van der Waals surface area contributed by atoms with Crippen molar-refractivity contribution in [3.8, 4) is 0 Å². The Morgan fingerprint density at radius 3 is 2.14 bits per heavy atom.